The maximum atomic E-state index is 11.7. The van der Waals surface area contributed by atoms with Crippen LogP contribution in [0.5, 0.6) is 0 Å². The molecule has 1 N–H and O–H groups in total. The number of carbonyl (C=O) groups is 1. The summed E-state index contributed by atoms with van der Waals surface area (Å²) in [6.07, 6.45) is 3.64. The Morgan fingerprint density at radius 3 is 2.94 bits per heavy atom. The van der Waals surface area contributed by atoms with E-state index < -0.39 is 0 Å². The predicted octanol–water partition coefficient (Wildman–Crippen LogP) is -0.0381. The lowest BCUT2D eigenvalue weighted by atomic mass is 10.3. The minimum Gasteiger partial charge on any atom is -0.378 e. The van der Waals surface area contributed by atoms with Gasteiger partial charge in [0, 0.05) is 38.4 Å². The second kappa shape index (κ2) is 4.98. The van der Waals surface area contributed by atoms with Crippen molar-refractivity contribution in [2.75, 3.05) is 26.3 Å². The van der Waals surface area contributed by atoms with Gasteiger partial charge in [-0.05, 0) is 0 Å². The zero-order valence-corrected chi connectivity index (χ0v) is 9.35. The smallest absolute Gasteiger partial charge is 0.317 e. The average Bonchev–Trinajstić information content (AvgIpc) is 2.73. The number of aromatic nitrogens is 2. The highest BCUT2D eigenvalue weighted by atomic mass is 16.5. The van der Waals surface area contributed by atoms with Gasteiger partial charge in [-0.1, -0.05) is 0 Å². The van der Waals surface area contributed by atoms with Crippen LogP contribution in [0.1, 0.15) is 5.56 Å². The number of urea groups is 1. The third-order valence-electron chi connectivity index (χ3n) is 2.50. The zero-order valence-electron chi connectivity index (χ0n) is 9.35. The van der Waals surface area contributed by atoms with Crippen molar-refractivity contribution < 1.29 is 9.53 Å². The van der Waals surface area contributed by atoms with Crippen LogP contribution in [-0.4, -0.2) is 47.0 Å². The van der Waals surface area contributed by atoms with Crippen LogP contribution in [0.15, 0.2) is 12.4 Å². The quantitative estimate of drug-likeness (QED) is 0.767. The van der Waals surface area contributed by atoms with Crippen molar-refractivity contribution in [2.24, 2.45) is 7.05 Å². The van der Waals surface area contributed by atoms with Crippen molar-refractivity contribution in [1.82, 2.24) is 20.0 Å². The number of nitrogens with one attached hydrogen (secondary N) is 1. The van der Waals surface area contributed by atoms with Gasteiger partial charge in [0.2, 0.25) is 0 Å². The van der Waals surface area contributed by atoms with Crippen LogP contribution in [0.25, 0.3) is 0 Å². The molecular weight excluding hydrogens is 208 g/mol. The summed E-state index contributed by atoms with van der Waals surface area (Å²) in [5.74, 6) is 0. The van der Waals surface area contributed by atoms with E-state index in [-0.39, 0.29) is 6.03 Å². The van der Waals surface area contributed by atoms with Crippen molar-refractivity contribution >= 4 is 6.03 Å². The first kappa shape index (κ1) is 10.9. The molecule has 0 spiro atoms. The summed E-state index contributed by atoms with van der Waals surface area (Å²) in [4.78, 5) is 13.5. The monoisotopic (exact) mass is 224 g/mol. The molecule has 2 rings (SSSR count). The number of hydrogen-bond donors (Lipinski definition) is 1. The molecule has 88 valence electrons. The predicted molar refractivity (Wildman–Crippen MR) is 57.8 cm³/mol. The molecule has 6 heteroatoms. The van der Waals surface area contributed by atoms with Crippen LogP contribution < -0.4 is 5.32 Å². The fourth-order valence-electron chi connectivity index (χ4n) is 1.62. The summed E-state index contributed by atoms with van der Waals surface area (Å²) < 4.78 is 6.90. The van der Waals surface area contributed by atoms with Crippen molar-refractivity contribution in [3.05, 3.63) is 18.0 Å². The average molecular weight is 224 g/mol. The summed E-state index contributed by atoms with van der Waals surface area (Å²) in [6, 6.07) is -0.0350. The minimum atomic E-state index is -0.0350. The highest BCUT2D eigenvalue weighted by Crippen LogP contribution is 1.99. The summed E-state index contributed by atoms with van der Waals surface area (Å²) in [6.45, 7) is 3.10. The van der Waals surface area contributed by atoms with Gasteiger partial charge in [-0.15, -0.1) is 0 Å². The molecule has 1 aromatic heterocycles. The number of carbonyl (C=O) groups excluding carboxylic acids is 1. The molecule has 0 aliphatic carbocycles. The lowest BCUT2D eigenvalue weighted by molar-refractivity contribution is 0.0531. The molecule has 0 radical (unpaired) electrons. The van der Waals surface area contributed by atoms with Crippen molar-refractivity contribution in [3.8, 4) is 0 Å². The second-order valence-electron chi connectivity index (χ2n) is 3.78. The molecule has 16 heavy (non-hydrogen) atoms. The Bertz CT molecular complexity index is 357. The molecule has 1 fully saturated rings. The third-order valence-corrected chi connectivity index (χ3v) is 2.50. The molecule has 6 nitrogen and oxygen atoms in total. The van der Waals surface area contributed by atoms with Gasteiger partial charge in [0.05, 0.1) is 19.4 Å². The molecule has 2 amide bonds. The third kappa shape index (κ3) is 2.73. The summed E-state index contributed by atoms with van der Waals surface area (Å²) in [7, 11) is 1.85. The van der Waals surface area contributed by atoms with Gasteiger partial charge in [0.15, 0.2) is 0 Å². The molecule has 1 aromatic rings. The Kier molecular flexibility index (Phi) is 3.40. The fraction of sp³-hybridized carbons (Fsp3) is 0.600. The van der Waals surface area contributed by atoms with Gasteiger partial charge in [-0.25, -0.2) is 4.79 Å². The lowest BCUT2D eigenvalue weighted by Gasteiger charge is -2.26. The maximum absolute atomic E-state index is 11.7. The van der Waals surface area contributed by atoms with E-state index >= 15 is 0 Å². The largest absolute Gasteiger partial charge is 0.378 e. The first-order valence-corrected chi connectivity index (χ1v) is 5.34. The van der Waals surface area contributed by atoms with E-state index in [1.54, 1.807) is 15.8 Å². The number of aryl methyl sites for hydroxylation is 1. The Morgan fingerprint density at radius 2 is 2.31 bits per heavy atom. The first-order chi connectivity index (χ1) is 7.75. The van der Waals surface area contributed by atoms with Crippen LogP contribution in [0.3, 0.4) is 0 Å². The SMILES string of the molecule is Cn1cc(CNC(=O)N2CCOCC2)cn1. The Balaban J connectivity index is 1.78. The minimum absolute atomic E-state index is 0.0350. The molecular formula is C10H16N4O2. The van der Waals surface area contributed by atoms with Crippen LogP contribution in [-0.2, 0) is 18.3 Å². The number of rotatable bonds is 2. The van der Waals surface area contributed by atoms with Crippen molar-refractivity contribution in [3.63, 3.8) is 0 Å². The van der Waals surface area contributed by atoms with Crippen LogP contribution in [0.4, 0.5) is 4.79 Å². The standard InChI is InChI=1S/C10H16N4O2/c1-13-8-9(7-12-13)6-11-10(15)14-2-4-16-5-3-14/h7-8H,2-6H2,1H3,(H,11,15). The van der Waals surface area contributed by atoms with E-state index in [0.29, 0.717) is 32.8 Å². The van der Waals surface area contributed by atoms with E-state index in [0.717, 1.165) is 5.56 Å². The maximum Gasteiger partial charge on any atom is 0.317 e. The van der Waals surface area contributed by atoms with Crippen LogP contribution >= 0.6 is 0 Å². The molecule has 0 aromatic carbocycles. The number of amides is 2. The van der Waals surface area contributed by atoms with Gasteiger partial charge >= 0.3 is 6.03 Å². The normalized spacial score (nSPS) is 16.2. The van der Waals surface area contributed by atoms with Crippen LogP contribution in [0.2, 0.25) is 0 Å². The van der Waals surface area contributed by atoms with E-state index in [4.69, 9.17) is 4.74 Å². The molecule has 0 atom stereocenters. The Labute approximate surface area is 94.2 Å². The van der Waals surface area contributed by atoms with Gasteiger partial charge in [0.25, 0.3) is 0 Å². The summed E-state index contributed by atoms with van der Waals surface area (Å²) >= 11 is 0. The molecule has 0 bridgehead atoms. The van der Waals surface area contributed by atoms with Gasteiger partial charge in [-0.3, -0.25) is 4.68 Å². The number of morpholine rings is 1. The molecule has 0 unspecified atom stereocenters. The number of ether oxygens (including phenoxy) is 1. The molecule has 1 aliphatic heterocycles. The highest BCUT2D eigenvalue weighted by Gasteiger charge is 2.16. The highest BCUT2D eigenvalue weighted by molar-refractivity contribution is 5.74. The topological polar surface area (TPSA) is 59.4 Å². The van der Waals surface area contributed by atoms with E-state index in [1.165, 1.54) is 0 Å². The summed E-state index contributed by atoms with van der Waals surface area (Å²) in [5.41, 5.74) is 1.00. The molecule has 2 heterocycles. The van der Waals surface area contributed by atoms with E-state index in [2.05, 4.69) is 10.4 Å². The molecule has 1 aliphatic rings. The van der Waals surface area contributed by atoms with Gasteiger partial charge in [0.1, 0.15) is 0 Å². The molecule has 1 saturated heterocycles. The summed E-state index contributed by atoms with van der Waals surface area (Å²) in [5, 5.41) is 6.90. The fourth-order valence-corrected chi connectivity index (χ4v) is 1.62. The van der Waals surface area contributed by atoms with Gasteiger partial charge in [-0.2, -0.15) is 5.10 Å². The van der Waals surface area contributed by atoms with E-state index in [1.807, 2.05) is 13.2 Å². The van der Waals surface area contributed by atoms with Gasteiger partial charge < -0.3 is 15.0 Å². The lowest BCUT2D eigenvalue weighted by Crippen LogP contribution is -2.45. The van der Waals surface area contributed by atoms with Crippen molar-refractivity contribution in [1.29, 1.82) is 0 Å². The second-order valence-corrected chi connectivity index (χ2v) is 3.78. The first-order valence-electron chi connectivity index (χ1n) is 5.34. The number of nitrogens with zero attached hydrogens (tertiary/aromatic N) is 3. The van der Waals surface area contributed by atoms with E-state index in [9.17, 15) is 4.79 Å². The number of hydrogen-bond acceptors (Lipinski definition) is 3. The van der Waals surface area contributed by atoms with Crippen LogP contribution in [0, 0.1) is 0 Å². The Morgan fingerprint density at radius 1 is 1.56 bits per heavy atom. The Hall–Kier alpha value is -1.56. The molecule has 0 saturated carbocycles. The zero-order chi connectivity index (χ0) is 11.4. The van der Waals surface area contributed by atoms with Crippen molar-refractivity contribution in [2.45, 2.75) is 6.54 Å².